The van der Waals surface area contributed by atoms with Crippen molar-refractivity contribution in [3.8, 4) is 0 Å². The maximum Gasteiger partial charge on any atom is 0.127 e. The predicted molar refractivity (Wildman–Crippen MR) is 98.2 cm³/mol. The molecule has 0 radical (unpaired) electrons. The Balaban J connectivity index is 1.55. The van der Waals surface area contributed by atoms with Crippen LogP contribution in [-0.4, -0.2) is 73.3 Å². The van der Waals surface area contributed by atoms with Crippen molar-refractivity contribution in [2.24, 2.45) is 11.8 Å². The second-order valence-corrected chi connectivity index (χ2v) is 7.68. The van der Waals surface area contributed by atoms with Crippen LogP contribution in [0.1, 0.15) is 24.8 Å². The first kappa shape index (κ1) is 17.6. The zero-order valence-corrected chi connectivity index (χ0v) is 15.2. The molecule has 24 heavy (non-hydrogen) atoms. The number of hydrogen-bond donors (Lipinski definition) is 1. The topological polar surface area (TPSA) is 42.8 Å². The Labute approximate surface area is 146 Å². The van der Waals surface area contributed by atoms with Crippen molar-refractivity contribution >= 4 is 5.82 Å². The van der Waals surface area contributed by atoms with Gasteiger partial charge in [-0.1, -0.05) is 12.5 Å². The van der Waals surface area contributed by atoms with Crippen LogP contribution in [-0.2, 0) is 6.54 Å². The fourth-order valence-corrected chi connectivity index (χ4v) is 4.09. The van der Waals surface area contributed by atoms with E-state index in [9.17, 15) is 5.11 Å². The van der Waals surface area contributed by atoms with E-state index in [0.717, 1.165) is 32.0 Å². The molecule has 3 heterocycles. The molecule has 0 bridgehead atoms. The molecular weight excluding hydrogens is 300 g/mol. The number of pyridine rings is 1. The second kappa shape index (κ2) is 8.28. The standard InChI is InChI=1S/C19H32N4O/c1-21(2)19-7-6-16(10-20-19)11-23-13-17(18(14-23)15-24)12-22-8-4-3-5-9-22/h6-7,10,17-18,24H,3-5,8-9,11-15H2,1-2H3. The van der Waals surface area contributed by atoms with Gasteiger partial charge in [0.1, 0.15) is 5.82 Å². The van der Waals surface area contributed by atoms with Crippen molar-refractivity contribution in [2.45, 2.75) is 25.8 Å². The molecule has 1 N–H and O–H groups in total. The minimum absolute atomic E-state index is 0.312. The molecule has 1 aromatic heterocycles. The van der Waals surface area contributed by atoms with Crippen LogP contribution in [0.4, 0.5) is 5.82 Å². The van der Waals surface area contributed by atoms with E-state index in [2.05, 4.69) is 26.9 Å². The third kappa shape index (κ3) is 4.47. The lowest BCUT2D eigenvalue weighted by Gasteiger charge is -2.30. The molecule has 1 aromatic rings. The van der Waals surface area contributed by atoms with Gasteiger partial charge in [0, 0.05) is 53.1 Å². The van der Waals surface area contributed by atoms with Gasteiger partial charge in [-0.05, 0) is 49.4 Å². The molecule has 5 nitrogen and oxygen atoms in total. The normalized spacial score (nSPS) is 26.0. The Kier molecular flexibility index (Phi) is 6.09. The first-order valence-electron chi connectivity index (χ1n) is 9.33. The Morgan fingerprint density at radius 1 is 1.08 bits per heavy atom. The lowest BCUT2D eigenvalue weighted by molar-refractivity contribution is 0.149. The van der Waals surface area contributed by atoms with Gasteiger partial charge >= 0.3 is 0 Å². The zero-order valence-electron chi connectivity index (χ0n) is 15.2. The van der Waals surface area contributed by atoms with Crippen LogP contribution in [0.25, 0.3) is 0 Å². The van der Waals surface area contributed by atoms with Crippen molar-refractivity contribution < 1.29 is 5.11 Å². The number of aliphatic hydroxyl groups excluding tert-OH is 1. The average molecular weight is 332 g/mol. The molecule has 2 atom stereocenters. The highest BCUT2D eigenvalue weighted by atomic mass is 16.3. The number of rotatable bonds is 6. The van der Waals surface area contributed by atoms with E-state index in [1.165, 1.54) is 37.9 Å². The molecule has 0 aromatic carbocycles. The smallest absolute Gasteiger partial charge is 0.127 e. The molecule has 3 rings (SSSR count). The SMILES string of the molecule is CN(C)c1ccc(CN2CC(CO)C(CN3CCCCC3)C2)cn1. The number of hydrogen-bond acceptors (Lipinski definition) is 5. The number of anilines is 1. The average Bonchev–Trinajstić information content (AvgIpc) is 2.97. The lowest BCUT2D eigenvalue weighted by atomic mass is 9.95. The van der Waals surface area contributed by atoms with Gasteiger partial charge in [0.15, 0.2) is 0 Å². The summed E-state index contributed by atoms with van der Waals surface area (Å²) in [7, 11) is 4.03. The van der Waals surface area contributed by atoms with Gasteiger partial charge in [-0.3, -0.25) is 4.90 Å². The lowest BCUT2D eigenvalue weighted by Crippen LogP contribution is -2.37. The van der Waals surface area contributed by atoms with Gasteiger partial charge < -0.3 is 14.9 Å². The highest BCUT2D eigenvalue weighted by Gasteiger charge is 2.33. The van der Waals surface area contributed by atoms with E-state index >= 15 is 0 Å². The Hall–Kier alpha value is -1.17. The van der Waals surface area contributed by atoms with Gasteiger partial charge in [-0.15, -0.1) is 0 Å². The fraction of sp³-hybridized carbons (Fsp3) is 0.737. The molecular formula is C19H32N4O. The highest BCUT2D eigenvalue weighted by Crippen LogP contribution is 2.26. The molecule has 2 fully saturated rings. The molecule has 0 amide bonds. The summed E-state index contributed by atoms with van der Waals surface area (Å²) in [4.78, 5) is 11.6. The first-order chi connectivity index (χ1) is 11.7. The highest BCUT2D eigenvalue weighted by molar-refractivity contribution is 5.37. The Morgan fingerprint density at radius 3 is 2.46 bits per heavy atom. The molecule has 2 saturated heterocycles. The van der Waals surface area contributed by atoms with Crippen LogP contribution >= 0.6 is 0 Å². The monoisotopic (exact) mass is 332 g/mol. The van der Waals surface area contributed by atoms with E-state index < -0.39 is 0 Å². The van der Waals surface area contributed by atoms with Gasteiger partial charge in [0.25, 0.3) is 0 Å². The molecule has 5 heteroatoms. The van der Waals surface area contributed by atoms with Crippen molar-refractivity contribution in [1.29, 1.82) is 0 Å². The summed E-state index contributed by atoms with van der Waals surface area (Å²) in [6.07, 6.45) is 6.04. The van der Waals surface area contributed by atoms with Gasteiger partial charge in [-0.25, -0.2) is 4.98 Å². The summed E-state index contributed by atoms with van der Waals surface area (Å²) in [6.45, 7) is 6.98. The number of likely N-dealkylation sites (tertiary alicyclic amines) is 2. The van der Waals surface area contributed by atoms with E-state index in [4.69, 9.17) is 0 Å². The van der Waals surface area contributed by atoms with E-state index in [1.54, 1.807) is 0 Å². The van der Waals surface area contributed by atoms with Crippen LogP contribution in [0, 0.1) is 11.8 Å². The summed E-state index contributed by atoms with van der Waals surface area (Å²) in [5.74, 6) is 2.01. The summed E-state index contributed by atoms with van der Waals surface area (Å²) in [5.41, 5.74) is 1.26. The molecule has 0 spiro atoms. The molecule has 134 valence electrons. The number of nitrogens with zero attached hydrogens (tertiary/aromatic N) is 4. The molecule has 0 saturated carbocycles. The maximum atomic E-state index is 9.78. The second-order valence-electron chi connectivity index (χ2n) is 7.68. The van der Waals surface area contributed by atoms with Gasteiger partial charge in [0.05, 0.1) is 0 Å². The van der Waals surface area contributed by atoms with Crippen LogP contribution in [0.3, 0.4) is 0 Å². The number of piperidine rings is 1. The minimum Gasteiger partial charge on any atom is -0.396 e. The summed E-state index contributed by atoms with van der Waals surface area (Å²) < 4.78 is 0. The molecule has 2 unspecified atom stereocenters. The Bertz CT molecular complexity index is 499. The predicted octanol–water partition coefficient (Wildman–Crippen LogP) is 1.67. The zero-order chi connectivity index (χ0) is 16.9. The number of aromatic nitrogens is 1. The molecule has 2 aliphatic rings. The fourth-order valence-electron chi connectivity index (χ4n) is 4.09. The van der Waals surface area contributed by atoms with Crippen LogP contribution < -0.4 is 4.90 Å². The molecule has 0 aliphatic carbocycles. The largest absolute Gasteiger partial charge is 0.396 e. The third-order valence-corrected chi connectivity index (χ3v) is 5.50. The summed E-state index contributed by atoms with van der Waals surface area (Å²) in [5, 5.41) is 9.78. The van der Waals surface area contributed by atoms with E-state index in [0.29, 0.717) is 18.4 Å². The summed E-state index contributed by atoms with van der Waals surface area (Å²) >= 11 is 0. The van der Waals surface area contributed by atoms with Gasteiger partial charge in [-0.2, -0.15) is 0 Å². The Morgan fingerprint density at radius 2 is 1.83 bits per heavy atom. The number of aliphatic hydroxyl groups is 1. The van der Waals surface area contributed by atoms with Gasteiger partial charge in [0.2, 0.25) is 0 Å². The minimum atomic E-state index is 0.312. The van der Waals surface area contributed by atoms with Crippen LogP contribution in [0.5, 0.6) is 0 Å². The summed E-state index contributed by atoms with van der Waals surface area (Å²) in [6, 6.07) is 4.26. The third-order valence-electron chi connectivity index (χ3n) is 5.50. The quantitative estimate of drug-likeness (QED) is 0.858. The maximum absolute atomic E-state index is 9.78. The van der Waals surface area contributed by atoms with Crippen molar-refractivity contribution in [3.05, 3.63) is 23.9 Å². The molecule has 2 aliphatic heterocycles. The van der Waals surface area contributed by atoms with Crippen LogP contribution in [0.15, 0.2) is 18.3 Å². The van der Waals surface area contributed by atoms with E-state index in [1.807, 2.05) is 25.2 Å². The van der Waals surface area contributed by atoms with Crippen LogP contribution in [0.2, 0.25) is 0 Å². The van der Waals surface area contributed by atoms with Crippen molar-refractivity contribution in [1.82, 2.24) is 14.8 Å². The van der Waals surface area contributed by atoms with Crippen molar-refractivity contribution in [2.75, 3.05) is 58.3 Å². The van der Waals surface area contributed by atoms with Crippen molar-refractivity contribution in [3.63, 3.8) is 0 Å². The first-order valence-corrected chi connectivity index (χ1v) is 9.33. The van der Waals surface area contributed by atoms with E-state index in [-0.39, 0.29) is 0 Å².